The molecule has 0 aromatic heterocycles. The minimum atomic E-state index is -0.0475. The molecule has 0 nitrogen and oxygen atoms in total. The maximum Gasteiger partial charge on any atom is 0.0165 e. The summed E-state index contributed by atoms with van der Waals surface area (Å²) in [5, 5.41) is 10.7. The molecule has 6 aromatic carbocycles. The van der Waals surface area contributed by atoms with Gasteiger partial charge in [-0.25, -0.2) is 0 Å². The Morgan fingerprint density at radius 1 is 0.516 bits per heavy atom. The summed E-state index contributed by atoms with van der Waals surface area (Å²) in [4.78, 5) is 0. The monoisotopic (exact) mass is 394 g/mol. The van der Waals surface area contributed by atoms with Crippen LogP contribution >= 0.6 is 0 Å². The maximum atomic E-state index is 2.39. The van der Waals surface area contributed by atoms with Crippen molar-refractivity contribution in [3.63, 3.8) is 0 Å². The van der Waals surface area contributed by atoms with Crippen LogP contribution in [0, 0.1) is 0 Å². The van der Waals surface area contributed by atoms with Gasteiger partial charge in [0.2, 0.25) is 0 Å². The third kappa shape index (κ3) is 2.15. The zero-order valence-electron chi connectivity index (χ0n) is 17.7. The lowest BCUT2D eigenvalue weighted by Gasteiger charge is -2.24. The van der Waals surface area contributed by atoms with Crippen LogP contribution in [0.25, 0.3) is 54.2 Å². The molecule has 1 aliphatic rings. The Hall–Kier alpha value is -3.64. The molecule has 0 unspecified atom stereocenters. The molecule has 0 N–H and O–H groups in total. The zero-order chi connectivity index (χ0) is 20.7. The van der Waals surface area contributed by atoms with Crippen molar-refractivity contribution >= 4 is 43.1 Å². The van der Waals surface area contributed by atoms with E-state index in [0.29, 0.717) is 0 Å². The lowest BCUT2D eigenvalue weighted by molar-refractivity contribution is 0.667. The van der Waals surface area contributed by atoms with E-state index in [4.69, 9.17) is 0 Å². The molecule has 6 aromatic rings. The van der Waals surface area contributed by atoms with Crippen molar-refractivity contribution in [3.05, 3.63) is 108 Å². The van der Waals surface area contributed by atoms with E-state index in [0.717, 1.165) is 0 Å². The Labute approximate surface area is 181 Å². The van der Waals surface area contributed by atoms with Gasteiger partial charge < -0.3 is 0 Å². The van der Waals surface area contributed by atoms with Crippen LogP contribution in [0.3, 0.4) is 0 Å². The summed E-state index contributed by atoms with van der Waals surface area (Å²) in [5.74, 6) is 0. The van der Waals surface area contributed by atoms with Crippen molar-refractivity contribution in [3.8, 4) is 11.1 Å². The van der Waals surface area contributed by atoms with E-state index < -0.39 is 0 Å². The van der Waals surface area contributed by atoms with E-state index in [1.54, 1.807) is 0 Å². The fourth-order valence-electron chi connectivity index (χ4n) is 5.91. The Morgan fingerprint density at radius 2 is 1.16 bits per heavy atom. The van der Waals surface area contributed by atoms with Crippen molar-refractivity contribution in [1.82, 2.24) is 0 Å². The molecule has 7 rings (SSSR count). The maximum absolute atomic E-state index is 2.39. The molecular weight excluding hydrogens is 372 g/mol. The standard InChI is InChI=1S/C31H22/c1-31(2)27-16-14-23-17-21-8-3-4-9-22(21)18-26(23)29(27)25-15-13-20-12-11-19-7-5-6-10-24(19)28(20)30(25)31/h3-18H,1-2H3. The Morgan fingerprint density at radius 3 is 2.00 bits per heavy atom. The van der Waals surface area contributed by atoms with Gasteiger partial charge in [-0.3, -0.25) is 0 Å². The highest BCUT2D eigenvalue weighted by atomic mass is 14.4. The summed E-state index contributed by atoms with van der Waals surface area (Å²) in [6.45, 7) is 4.79. The van der Waals surface area contributed by atoms with Gasteiger partial charge in [-0.05, 0) is 77.5 Å². The second kappa shape index (κ2) is 5.74. The van der Waals surface area contributed by atoms with Gasteiger partial charge in [0.15, 0.2) is 0 Å². The van der Waals surface area contributed by atoms with Crippen LogP contribution in [-0.4, -0.2) is 0 Å². The minimum Gasteiger partial charge on any atom is -0.0616 e. The molecule has 0 atom stereocenters. The van der Waals surface area contributed by atoms with Gasteiger partial charge in [0.1, 0.15) is 0 Å². The van der Waals surface area contributed by atoms with Gasteiger partial charge in [0.25, 0.3) is 0 Å². The topological polar surface area (TPSA) is 0 Å². The largest absolute Gasteiger partial charge is 0.0616 e. The molecule has 0 saturated carbocycles. The van der Waals surface area contributed by atoms with E-state index in [1.165, 1.54) is 65.3 Å². The van der Waals surface area contributed by atoms with E-state index in [9.17, 15) is 0 Å². The van der Waals surface area contributed by atoms with Gasteiger partial charge in [0.05, 0.1) is 0 Å². The van der Waals surface area contributed by atoms with Crippen molar-refractivity contribution in [2.75, 3.05) is 0 Å². The zero-order valence-corrected chi connectivity index (χ0v) is 17.7. The third-order valence-electron chi connectivity index (χ3n) is 7.36. The van der Waals surface area contributed by atoms with Gasteiger partial charge in [0, 0.05) is 5.41 Å². The highest BCUT2D eigenvalue weighted by Gasteiger charge is 2.38. The molecule has 0 fully saturated rings. The van der Waals surface area contributed by atoms with Crippen LogP contribution < -0.4 is 0 Å². The van der Waals surface area contributed by atoms with E-state index in [1.807, 2.05) is 0 Å². The molecule has 146 valence electrons. The lowest BCUT2D eigenvalue weighted by atomic mass is 9.79. The van der Waals surface area contributed by atoms with Crippen molar-refractivity contribution < 1.29 is 0 Å². The molecule has 1 aliphatic carbocycles. The highest BCUT2D eigenvalue weighted by Crippen LogP contribution is 2.54. The van der Waals surface area contributed by atoms with Crippen LogP contribution in [0.1, 0.15) is 25.0 Å². The predicted octanol–water partition coefficient (Wildman–Crippen LogP) is 8.61. The highest BCUT2D eigenvalue weighted by molar-refractivity contribution is 6.16. The van der Waals surface area contributed by atoms with Crippen molar-refractivity contribution in [1.29, 1.82) is 0 Å². The van der Waals surface area contributed by atoms with Crippen LogP contribution in [-0.2, 0) is 5.41 Å². The number of benzene rings is 6. The average Bonchev–Trinajstić information content (AvgIpc) is 3.04. The smallest absolute Gasteiger partial charge is 0.0165 e. The normalized spacial score (nSPS) is 14.4. The summed E-state index contributed by atoms with van der Waals surface area (Å²) in [6, 6.07) is 36.1. The first-order chi connectivity index (χ1) is 15.1. The van der Waals surface area contributed by atoms with E-state index >= 15 is 0 Å². The summed E-state index contributed by atoms with van der Waals surface area (Å²) < 4.78 is 0. The first-order valence-electron chi connectivity index (χ1n) is 11.0. The van der Waals surface area contributed by atoms with Crippen molar-refractivity contribution in [2.24, 2.45) is 0 Å². The minimum absolute atomic E-state index is 0.0475. The van der Waals surface area contributed by atoms with E-state index in [2.05, 4.69) is 111 Å². The molecule has 0 heterocycles. The summed E-state index contributed by atoms with van der Waals surface area (Å²) in [7, 11) is 0. The third-order valence-corrected chi connectivity index (χ3v) is 7.36. The molecule has 0 heteroatoms. The fraction of sp³-hybridized carbons (Fsp3) is 0.0968. The van der Waals surface area contributed by atoms with Crippen LogP contribution in [0.4, 0.5) is 0 Å². The SMILES string of the molecule is CC1(C)c2ccc3cc4ccccc4cc3c2-c2ccc3ccc4ccccc4c3c21. The van der Waals surface area contributed by atoms with Crippen LogP contribution in [0.2, 0.25) is 0 Å². The Kier molecular flexibility index (Phi) is 3.16. The van der Waals surface area contributed by atoms with Crippen LogP contribution in [0.15, 0.2) is 97.1 Å². The molecule has 0 saturated heterocycles. The number of hydrogen-bond donors (Lipinski definition) is 0. The molecular formula is C31H22. The first-order valence-corrected chi connectivity index (χ1v) is 11.0. The summed E-state index contributed by atoms with van der Waals surface area (Å²) in [5.41, 5.74) is 5.67. The number of hydrogen-bond acceptors (Lipinski definition) is 0. The quantitative estimate of drug-likeness (QED) is 0.179. The fourth-order valence-corrected chi connectivity index (χ4v) is 5.91. The number of rotatable bonds is 0. The van der Waals surface area contributed by atoms with Crippen molar-refractivity contribution in [2.45, 2.75) is 19.3 Å². The second-order valence-electron chi connectivity index (χ2n) is 9.41. The van der Waals surface area contributed by atoms with Gasteiger partial charge in [-0.2, -0.15) is 0 Å². The first kappa shape index (κ1) is 17.1. The second-order valence-corrected chi connectivity index (χ2v) is 9.41. The summed E-state index contributed by atoms with van der Waals surface area (Å²) >= 11 is 0. The molecule has 0 radical (unpaired) electrons. The van der Waals surface area contributed by atoms with Crippen LogP contribution in [0.5, 0.6) is 0 Å². The molecule has 0 amide bonds. The molecule has 0 aliphatic heterocycles. The van der Waals surface area contributed by atoms with Gasteiger partial charge in [-0.15, -0.1) is 0 Å². The molecule has 31 heavy (non-hydrogen) atoms. The predicted molar refractivity (Wildman–Crippen MR) is 134 cm³/mol. The molecule has 0 bridgehead atoms. The Balaban J connectivity index is 1.69. The molecule has 0 spiro atoms. The average molecular weight is 395 g/mol. The number of fused-ring (bicyclic) bond motifs is 10. The van der Waals surface area contributed by atoms with Gasteiger partial charge in [-0.1, -0.05) is 98.8 Å². The summed E-state index contributed by atoms with van der Waals surface area (Å²) in [6.07, 6.45) is 0. The van der Waals surface area contributed by atoms with E-state index in [-0.39, 0.29) is 5.41 Å². The van der Waals surface area contributed by atoms with Gasteiger partial charge >= 0.3 is 0 Å². The Bertz CT molecular complexity index is 1700. The lowest BCUT2D eigenvalue weighted by Crippen LogP contribution is -2.15.